The van der Waals surface area contributed by atoms with E-state index in [0.717, 1.165) is 44.1 Å². The van der Waals surface area contributed by atoms with Crippen molar-refractivity contribution in [1.29, 1.82) is 0 Å². The average Bonchev–Trinajstić information content (AvgIpc) is 3.17. The highest BCUT2D eigenvalue weighted by molar-refractivity contribution is 7.21. The van der Waals surface area contributed by atoms with Crippen molar-refractivity contribution in [3.8, 4) is 11.3 Å². The number of carbonyl (C=O) groups excluding carboxylic acids is 1. The van der Waals surface area contributed by atoms with Crippen molar-refractivity contribution in [3.63, 3.8) is 0 Å². The van der Waals surface area contributed by atoms with Crippen LogP contribution in [0.25, 0.3) is 21.5 Å². The lowest BCUT2D eigenvalue weighted by atomic mass is 10.00. The van der Waals surface area contributed by atoms with Crippen molar-refractivity contribution in [2.45, 2.75) is 27.7 Å². The quantitative estimate of drug-likeness (QED) is 0.472. The molecule has 0 atom stereocenters. The van der Waals surface area contributed by atoms with Gasteiger partial charge in [0.1, 0.15) is 21.2 Å². The highest BCUT2D eigenvalue weighted by Gasteiger charge is 2.23. The Morgan fingerprint density at radius 3 is 2.52 bits per heavy atom. The first-order valence-corrected chi connectivity index (χ1v) is 9.55. The number of ketones is 1. The van der Waals surface area contributed by atoms with Crippen LogP contribution in [0.1, 0.15) is 37.8 Å². The van der Waals surface area contributed by atoms with Crippen molar-refractivity contribution in [3.05, 3.63) is 69.4 Å². The number of carbonyl (C=O) groups is 1. The van der Waals surface area contributed by atoms with Crippen molar-refractivity contribution < 1.29 is 9.21 Å². The number of hydrogen-bond acceptors (Lipinski definition) is 5. The Balaban J connectivity index is 1.93. The molecular formula is C22H20N2O2S. The Bertz CT molecular complexity index is 1200. The second-order valence-electron chi connectivity index (χ2n) is 6.89. The molecule has 0 aliphatic heterocycles. The summed E-state index contributed by atoms with van der Waals surface area (Å²) in [6, 6.07) is 11.6. The summed E-state index contributed by atoms with van der Waals surface area (Å²) in [7, 11) is 0. The van der Waals surface area contributed by atoms with E-state index in [0.29, 0.717) is 16.1 Å². The molecule has 0 radical (unpaired) electrons. The van der Waals surface area contributed by atoms with E-state index >= 15 is 0 Å². The minimum Gasteiger partial charge on any atom is -0.461 e. The molecule has 0 bridgehead atoms. The molecule has 5 heteroatoms. The number of rotatable bonds is 3. The molecule has 27 heavy (non-hydrogen) atoms. The van der Waals surface area contributed by atoms with E-state index < -0.39 is 0 Å². The monoisotopic (exact) mass is 376 g/mol. The molecule has 4 aromatic rings. The standard InChI is InChI=1S/C22H20N2O2S/c1-11-5-7-15(12(2)9-11)20(25)21-19(23)18-16(17-8-6-14(4)26-17)10-13(3)24-22(18)27-21/h5-10H,23H2,1-4H3. The van der Waals surface area contributed by atoms with Gasteiger partial charge in [0, 0.05) is 22.2 Å². The number of fused-ring (bicyclic) bond motifs is 1. The van der Waals surface area contributed by atoms with E-state index in [1.807, 2.05) is 64.1 Å². The largest absolute Gasteiger partial charge is 0.461 e. The van der Waals surface area contributed by atoms with Crippen LogP contribution in [0.3, 0.4) is 0 Å². The van der Waals surface area contributed by atoms with Crippen LogP contribution < -0.4 is 5.73 Å². The van der Waals surface area contributed by atoms with Gasteiger partial charge in [-0.1, -0.05) is 23.8 Å². The molecule has 3 heterocycles. The van der Waals surface area contributed by atoms with E-state index in [1.54, 1.807) is 0 Å². The molecular weight excluding hydrogens is 356 g/mol. The van der Waals surface area contributed by atoms with Crippen LogP contribution in [0.2, 0.25) is 0 Å². The molecule has 0 aliphatic rings. The van der Waals surface area contributed by atoms with E-state index in [4.69, 9.17) is 10.2 Å². The Kier molecular flexibility index (Phi) is 4.12. The third kappa shape index (κ3) is 2.94. The highest BCUT2D eigenvalue weighted by Crippen LogP contribution is 2.41. The number of nitrogens with zero attached hydrogens (tertiary/aromatic N) is 1. The molecule has 4 nitrogen and oxygen atoms in total. The first-order valence-electron chi connectivity index (χ1n) is 8.73. The topological polar surface area (TPSA) is 69.1 Å². The van der Waals surface area contributed by atoms with Gasteiger partial charge < -0.3 is 10.2 Å². The van der Waals surface area contributed by atoms with Crippen molar-refractivity contribution >= 4 is 33.0 Å². The molecule has 0 saturated heterocycles. The third-order valence-corrected chi connectivity index (χ3v) is 5.76. The smallest absolute Gasteiger partial charge is 0.205 e. The minimum absolute atomic E-state index is 0.0628. The number of benzene rings is 1. The van der Waals surface area contributed by atoms with Gasteiger partial charge in [-0.25, -0.2) is 4.98 Å². The van der Waals surface area contributed by atoms with Gasteiger partial charge >= 0.3 is 0 Å². The van der Waals surface area contributed by atoms with Gasteiger partial charge in [0.2, 0.25) is 5.78 Å². The summed E-state index contributed by atoms with van der Waals surface area (Å²) < 4.78 is 5.81. The number of aromatic nitrogens is 1. The summed E-state index contributed by atoms with van der Waals surface area (Å²) in [5.41, 5.74) is 11.4. The molecule has 136 valence electrons. The van der Waals surface area contributed by atoms with Gasteiger partial charge in [0.15, 0.2) is 0 Å². The Morgan fingerprint density at radius 2 is 1.85 bits per heavy atom. The zero-order chi connectivity index (χ0) is 19.3. The molecule has 1 aromatic carbocycles. The predicted octanol–water partition coefficient (Wildman–Crippen LogP) is 5.60. The molecule has 0 aliphatic carbocycles. The van der Waals surface area contributed by atoms with Gasteiger partial charge in [-0.15, -0.1) is 11.3 Å². The van der Waals surface area contributed by atoms with Gasteiger partial charge in [0.05, 0.1) is 5.69 Å². The van der Waals surface area contributed by atoms with E-state index in [-0.39, 0.29) is 5.78 Å². The molecule has 0 amide bonds. The zero-order valence-electron chi connectivity index (χ0n) is 15.7. The molecule has 2 N–H and O–H groups in total. The number of nitrogen functional groups attached to an aromatic ring is 1. The minimum atomic E-state index is -0.0628. The zero-order valence-corrected chi connectivity index (χ0v) is 16.5. The van der Waals surface area contributed by atoms with Crippen molar-refractivity contribution in [2.24, 2.45) is 0 Å². The summed E-state index contributed by atoms with van der Waals surface area (Å²) in [5.74, 6) is 1.50. The maximum atomic E-state index is 13.2. The molecule has 3 aromatic heterocycles. The molecule has 4 rings (SSSR count). The maximum absolute atomic E-state index is 13.2. The third-order valence-electron chi connectivity index (χ3n) is 4.67. The number of furan rings is 1. The molecule has 0 spiro atoms. The second-order valence-corrected chi connectivity index (χ2v) is 7.89. The van der Waals surface area contributed by atoms with Crippen molar-refractivity contribution in [2.75, 3.05) is 5.73 Å². The fourth-order valence-corrected chi connectivity index (χ4v) is 4.50. The van der Waals surface area contributed by atoms with Gasteiger partial charge in [0.25, 0.3) is 0 Å². The number of anilines is 1. The summed E-state index contributed by atoms with van der Waals surface area (Å²) in [6.07, 6.45) is 0. The van der Waals surface area contributed by atoms with Crippen LogP contribution in [-0.4, -0.2) is 10.8 Å². The summed E-state index contributed by atoms with van der Waals surface area (Å²) >= 11 is 1.34. The number of nitrogens with two attached hydrogens (primary N) is 1. The van der Waals surface area contributed by atoms with Gasteiger partial charge in [-0.2, -0.15) is 0 Å². The van der Waals surface area contributed by atoms with Crippen LogP contribution in [0.5, 0.6) is 0 Å². The van der Waals surface area contributed by atoms with Crippen LogP contribution in [-0.2, 0) is 0 Å². The Labute approximate surface area is 161 Å². The number of thiophene rings is 1. The first kappa shape index (κ1) is 17.5. The summed E-state index contributed by atoms with van der Waals surface area (Å²) in [5, 5.41) is 0.785. The SMILES string of the molecule is Cc1ccc(C(=O)c2sc3nc(C)cc(-c4ccc(C)o4)c3c2N)c(C)c1. The maximum Gasteiger partial charge on any atom is 0.205 e. The fourth-order valence-electron chi connectivity index (χ4n) is 3.38. The first-order chi connectivity index (χ1) is 12.8. The Hall–Kier alpha value is -2.92. The lowest BCUT2D eigenvalue weighted by molar-refractivity contribution is 0.104. The van der Waals surface area contributed by atoms with Crippen LogP contribution in [0.4, 0.5) is 5.69 Å². The molecule has 0 unspecified atom stereocenters. The number of pyridine rings is 1. The highest BCUT2D eigenvalue weighted by atomic mass is 32.1. The molecule has 0 saturated carbocycles. The van der Waals surface area contributed by atoms with Crippen molar-refractivity contribution in [1.82, 2.24) is 4.98 Å². The lowest BCUT2D eigenvalue weighted by Gasteiger charge is -2.06. The van der Waals surface area contributed by atoms with Crippen LogP contribution in [0.15, 0.2) is 40.8 Å². The number of hydrogen-bond donors (Lipinski definition) is 1. The molecule has 0 fully saturated rings. The van der Waals surface area contributed by atoms with E-state index in [1.165, 1.54) is 11.3 Å². The predicted molar refractivity (Wildman–Crippen MR) is 111 cm³/mol. The summed E-state index contributed by atoms with van der Waals surface area (Å²) in [6.45, 7) is 7.80. The van der Waals surface area contributed by atoms with Crippen LogP contribution in [0, 0.1) is 27.7 Å². The normalized spacial score (nSPS) is 11.3. The summed E-state index contributed by atoms with van der Waals surface area (Å²) in [4.78, 5) is 19.1. The number of aryl methyl sites for hydroxylation is 4. The Morgan fingerprint density at radius 1 is 1.07 bits per heavy atom. The van der Waals surface area contributed by atoms with E-state index in [9.17, 15) is 4.79 Å². The van der Waals surface area contributed by atoms with E-state index in [2.05, 4.69) is 4.98 Å². The second kappa shape index (κ2) is 6.35. The van der Waals surface area contributed by atoms with Crippen LogP contribution >= 0.6 is 11.3 Å². The lowest BCUT2D eigenvalue weighted by Crippen LogP contribution is -2.04. The van der Waals surface area contributed by atoms with Gasteiger partial charge in [-0.05, 0) is 51.5 Å². The fraction of sp³-hybridized carbons (Fsp3) is 0.182. The van der Waals surface area contributed by atoms with Gasteiger partial charge in [-0.3, -0.25) is 4.79 Å². The average molecular weight is 376 g/mol.